The second-order valence-corrected chi connectivity index (χ2v) is 4.64. The Kier molecular flexibility index (Phi) is 3.43. The maximum Gasteiger partial charge on any atom is 0.276 e. The van der Waals surface area contributed by atoms with Crippen LogP contribution in [0.25, 0.3) is 0 Å². The minimum atomic E-state index is 0.613. The third-order valence-corrected chi connectivity index (χ3v) is 2.93. The Balaban J connectivity index is 2.11. The minimum absolute atomic E-state index is 0.613. The fourth-order valence-corrected chi connectivity index (χ4v) is 1.74. The van der Waals surface area contributed by atoms with Gasteiger partial charge in [0.25, 0.3) is 5.22 Å². The zero-order valence-electron chi connectivity index (χ0n) is 8.11. The van der Waals surface area contributed by atoms with Gasteiger partial charge in [0.15, 0.2) is 0 Å². The molecule has 0 amide bonds. The molecule has 0 saturated carbocycles. The Morgan fingerprint density at radius 2 is 2.00 bits per heavy atom. The summed E-state index contributed by atoms with van der Waals surface area (Å²) in [6, 6.07) is 8.07. The van der Waals surface area contributed by atoms with Gasteiger partial charge in [-0.1, -0.05) is 39.8 Å². The Morgan fingerprint density at radius 3 is 2.60 bits per heavy atom. The van der Waals surface area contributed by atoms with E-state index in [2.05, 4.69) is 26.1 Å². The summed E-state index contributed by atoms with van der Waals surface area (Å²) in [4.78, 5) is 0. The standard InChI is InChI=1S/C10H9BrN2OS/c1-15-10-13-12-9(14-10)6-7-2-4-8(11)5-3-7/h2-5H,6H2,1H3. The molecule has 0 unspecified atom stereocenters. The predicted octanol–water partition coefficient (Wildman–Crippen LogP) is 3.14. The highest BCUT2D eigenvalue weighted by atomic mass is 79.9. The lowest BCUT2D eigenvalue weighted by atomic mass is 10.2. The third kappa shape index (κ3) is 2.82. The number of benzene rings is 1. The molecule has 0 bridgehead atoms. The summed E-state index contributed by atoms with van der Waals surface area (Å²) in [5, 5.41) is 8.45. The fraction of sp³-hybridized carbons (Fsp3) is 0.200. The highest BCUT2D eigenvalue weighted by Crippen LogP contribution is 2.16. The quantitative estimate of drug-likeness (QED) is 0.812. The van der Waals surface area contributed by atoms with Crippen molar-refractivity contribution in [3.05, 3.63) is 40.2 Å². The minimum Gasteiger partial charge on any atom is -0.416 e. The van der Waals surface area contributed by atoms with E-state index in [1.165, 1.54) is 11.8 Å². The van der Waals surface area contributed by atoms with Gasteiger partial charge in [0.1, 0.15) is 0 Å². The lowest BCUT2D eigenvalue weighted by Gasteiger charge is -1.96. The van der Waals surface area contributed by atoms with Gasteiger partial charge in [-0.25, -0.2) is 0 Å². The van der Waals surface area contributed by atoms with Gasteiger partial charge in [0.2, 0.25) is 5.89 Å². The van der Waals surface area contributed by atoms with E-state index >= 15 is 0 Å². The number of nitrogens with zero attached hydrogens (tertiary/aromatic N) is 2. The maximum absolute atomic E-state index is 5.40. The molecule has 0 N–H and O–H groups in total. The van der Waals surface area contributed by atoms with E-state index in [0.717, 1.165) is 10.0 Å². The lowest BCUT2D eigenvalue weighted by molar-refractivity contribution is 0.421. The molecular formula is C10H9BrN2OS. The normalized spacial score (nSPS) is 10.5. The first-order valence-corrected chi connectivity index (χ1v) is 6.40. The fourth-order valence-electron chi connectivity index (χ4n) is 1.17. The molecule has 0 fully saturated rings. The van der Waals surface area contributed by atoms with Gasteiger partial charge in [-0.15, -0.1) is 10.2 Å². The molecule has 15 heavy (non-hydrogen) atoms. The van der Waals surface area contributed by atoms with Crippen LogP contribution in [0.3, 0.4) is 0 Å². The molecule has 78 valence electrons. The SMILES string of the molecule is CSc1nnc(Cc2ccc(Br)cc2)o1. The van der Waals surface area contributed by atoms with Crippen LogP contribution >= 0.6 is 27.7 Å². The van der Waals surface area contributed by atoms with Crippen molar-refractivity contribution in [3.63, 3.8) is 0 Å². The van der Waals surface area contributed by atoms with Crippen LogP contribution in [0.1, 0.15) is 11.5 Å². The highest BCUT2D eigenvalue weighted by Gasteiger charge is 2.05. The highest BCUT2D eigenvalue weighted by molar-refractivity contribution is 9.10. The zero-order chi connectivity index (χ0) is 10.7. The Bertz CT molecular complexity index is 441. The Morgan fingerprint density at radius 1 is 1.27 bits per heavy atom. The molecule has 0 saturated heterocycles. The molecule has 2 aromatic rings. The van der Waals surface area contributed by atoms with E-state index in [0.29, 0.717) is 17.5 Å². The summed E-state index contributed by atoms with van der Waals surface area (Å²) >= 11 is 4.85. The number of hydrogen-bond donors (Lipinski definition) is 0. The first-order valence-electron chi connectivity index (χ1n) is 4.39. The van der Waals surface area contributed by atoms with E-state index in [4.69, 9.17) is 4.42 Å². The average molecular weight is 285 g/mol. The van der Waals surface area contributed by atoms with E-state index in [1.54, 1.807) is 0 Å². The van der Waals surface area contributed by atoms with Crippen molar-refractivity contribution in [2.24, 2.45) is 0 Å². The molecule has 0 atom stereocenters. The molecular weight excluding hydrogens is 276 g/mol. The largest absolute Gasteiger partial charge is 0.416 e. The van der Waals surface area contributed by atoms with Crippen molar-refractivity contribution >= 4 is 27.7 Å². The van der Waals surface area contributed by atoms with Gasteiger partial charge in [0, 0.05) is 4.47 Å². The zero-order valence-corrected chi connectivity index (χ0v) is 10.5. The van der Waals surface area contributed by atoms with Crippen molar-refractivity contribution in [1.29, 1.82) is 0 Å². The number of rotatable bonds is 3. The van der Waals surface area contributed by atoms with Gasteiger partial charge in [0.05, 0.1) is 6.42 Å². The maximum atomic E-state index is 5.40. The number of thioether (sulfide) groups is 1. The molecule has 3 nitrogen and oxygen atoms in total. The molecule has 0 radical (unpaired) electrons. The number of aromatic nitrogens is 2. The summed E-state index contributed by atoms with van der Waals surface area (Å²) in [7, 11) is 0. The number of halogens is 1. The second-order valence-electron chi connectivity index (χ2n) is 2.97. The third-order valence-electron chi connectivity index (χ3n) is 1.89. The van der Waals surface area contributed by atoms with Crippen molar-refractivity contribution in [2.75, 3.05) is 6.26 Å². The molecule has 0 aliphatic carbocycles. The van der Waals surface area contributed by atoms with Crippen LogP contribution in [-0.4, -0.2) is 16.5 Å². The van der Waals surface area contributed by atoms with Crippen molar-refractivity contribution in [3.8, 4) is 0 Å². The monoisotopic (exact) mass is 284 g/mol. The van der Waals surface area contributed by atoms with Gasteiger partial charge < -0.3 is 4.42 Å². The van der Waals surface area contributed by atoms with Crippen molar-refractivity contribution in [1.82, 2.24) is 10.2 Å². The summed E-state index contributed by atoms with van der Waals surface area (Å²) in [5.41, 5.74) is 1.16. The summed E-state index contributed by atoms with van der Waals surface area (Å²) in [6.45, 7) is 0. The van der Waals surface area contributed by atoms with Crippen molar-refractivity contribution < 1.29 is 4.42 Å². The Hall–Kier alpha value is -0.810. The molecule has 0 aliphatic heterocycles. The summed E-state index contributed by atoms with van der Waals surface area (Å²) in [6.07, 6.45) is 2.60. The van der Waals surface area contributed by atoms with Crippen LogP contribution in [0.4, 0.5) is 0 Å². The molecule has 2 rings (SSSR count). The van der Waals surface area contributed by atoms with Crippen LogP contribution in [-0.2, 0) is 6.42 Å². The van der Waals surface area contributed by atoms with Crippen LogP contribution in [0.2, 0.25) is 0 Å². The first kappa shape index (κ1) is 10.7. The smallest absolute Gasteiger partial charge is 0.276 e. The van der Waals surface area contributed by atoms with Gasteiger partial charge in [-0.05, 0) is 24.0 Å². The van der Waals surface area contributed by atoms with E-state index in [9.17, 15) is 0 Å². The lowest BCUT2D eigenvalue weighted by Crippen LogP contribution is -1.87. The van der Waals surface area contributed by atoms with Crippen LogP contribution in [0.15, 0.2) is 38.4 Å². The average Bonchev–Trinajstić information content (AvgIpc) is 2.69. The molecule has 1 heterocycles. The van der Waals surface area contributed by atoms with Crippen LogP contribution < -0.4 is 0 Å². The van der Waals surface area contributed by atoms with Gasteiger partial charge in [-0.2, -0.15) is 0 Å². The first-order chi connectivity index (χ1) is 7.28. The predicted molar refractivity (Wildman–Crippen MR) is 63.0 cm³/mol. The van der Waals surface area contributed by atoms with E-state index in [-0.39, 0.29) is 0 Å². The molecule has 1 aromatic heterocycles. The van der Waals surface area contributed by atoms with Crippen molar-refractivity contribution in [2.45, 2.75) is 11.6 Å². The molecule has 5 heteroatoms. The molecule has 1 aromatic carbocycles. The molecule has 0 spiro atoms. The Labute approximate surface area is 100 Å². The molecule has 0 aliphatic rings. The van der Waals surface area contributed by atoms with Gasteiger partial charge in [-0.3, -0.25) is 0 Å². The summed E-state index contributed by atoms with van der Waals surface area (Å²) < 4.78 is 6.47. The van der Waals surface area contributed by atoms with Crippen LogP contribution in [0.5, 0.6) is 0 Å². The second kappa shape index (κ2) is 4.81. The van der Waals surface area contributed by atoms with E-state index < -0.39 is 0 Å². The van der Waals surface area contributed by atoms with Crippen LogP contribution in [0, 0.1) is 0 Å². The topological polar surface area (TPSA) is 38.9 Å². The van der Waals surface area contributed by atoms with E-state index in [1.807, 2.05) is 30.5 Å². The summed E-state index contributed by atoms with van der Waals surface area (Å²) in [5.74, 6) is 0.654. The van der Waals surface area contributed by atoms with Gasteiger partial charge >= 0.3 is 0 Å². The number of hydrogen-bond acceptors (Lipinski definition) is 4.